The van der Waals surface area contributed by atoms with Crippen LogP contribution in [0.1, 0.15) is 25.7 Å². The zero-order chi connectivity index (χ0) is 6.81. The van der Waals surface area contributed by atoms with Gasteiger partial charge in [0.2, 0.25) is 0 Å². The third kappa shape index (κ3) is 0.981. The van der Waals surface area contributed by atoms with Crippen LogP contribution in [0.25, 0.3) is 0 Å². The van der Waals surface area contributed by atoms with Crippen LogP contribution in [0.4, 0.5) is 0 Å². The van der Waals surface area contributed by atoms with Crippen molar-refractivity contribution in [2.75, 3.05) is 13.2 Å². The molecule has 0 aromatic heterocycles. The van der Waals surface area contributed by atoms with Gasteiger partial charge in [-0.15, -0.1) is 0 Å². The van der Waals surface area contributed by atoms with Gasteiger partial charge in [0, 0.05) is 18.7 Å². The van der Waals surface area contributed by atoms with E-state index in [1.54, 1.807) is 0 Å². The molecule has 0 saturated heterocycles. The second-order valence-corrected chi connectivity index (χ2v) is 2.88. The number of nitrogens with one attached hydrogen (secondary N) is 1. The van der Waals surface area contributed by atoms with E-state index in [-0.39, 0.29) is 0 Å². The Balaban J connectivity index is 2.14. The first kappa shape index (κ1) is 6.08. The molecule has 1 aliphatic heterocycles. The Labute approximate surface area is 61.3 Å². The highest BCUT2D eigenvalue weighted by Crippen LogP contribution is 2.25. The molecule has 0 fully saturated rings. The van der Waals surface area contributed by atoms with Crippen molar-refractivity contribution in [1.82, 2.24) is 5.32 Å². The maximum Gasteiger partial charge on any atom is 0.115 e. The van der Waals surface area contributed by atoms with E-state index in [9.17, 15) is 0 Å². The molecule has 56 valence electrons. The van der Waals surface area contributed by atoms with Gasteiger partial charge in [-0.1, -0.05) is 0 Å². The fourth-order valence-electron chi connectivity index (χ4n) is 1.60. The number of hydrogen-bond donors (Lipinski definition) is 1. The quantitative estimate of drug-likeness (QED) is 0.547. The molecule has 0 saturated carbocycles. The average molecular weight is 139 g/mol. The first-order chi connectivity index (χ1) is 4.97. The number of hydrogen-bond acceptors (Lipinski definition) is 2. The number of allylic oxidation sites excluding steroid dienone is 2. The fourth-order valence-corrected chi connectivity index (χ4v) is 1.60. The minimum atomic E-state index is 0.860. The van der Waals surface area contributed by atoms with Gasteiger partial charge in [-0.05, 0) is 19.3 Å². The number of rotatable bonds is 0. The molecule has 2 rings (SSSR count). The summed E-state index contributed by atoms with van der Waals surface area (Å²) in [4.78, 5) is 0. The molecule has 10 heavy (non-hydrogen) atoms. The highest BCUT2D eigenvalue weighted by Gasteiger charge is 2.16. The Morgan fingerprint density at radius 2 is 2.10 bits per heavy atom. The SMILES string of the molecule is C1CCC2=C(C1)NCCO2. The highest BCUT2D eigenvalue weighted by molar-refractivity contribution is 5.11. The topological polar surface area (TPSA) is 21.3 Å². The predicted octanol–water partition coefficient (Wildman–Crippen LogP) is 1.39. The summed E-state index contributed by atoms with van der Waals surface area (Å²) in [6.45, 7) is 1.86. The van der Waals surface area contributed by atoms with Crippen LogP contribution in [-0.2, 0) is 4.74 Å². The summed E-state index contributed by atoms with van der Waals surface area (Å²) in [7, 11) is 0. The summed E-state index contributed by atoms with van der Waals surface area (Å²) < 4.78 is 5.50. The molecule has 0 atom stereocenters. The molecule has 1 heterocycles. The first-order valence-electron chi connectivity index (χ1n) is 4.05. The molecule has 1 aliphatic carbocycles. The molecule has 0 bridgehead atoms. The maximum atomic E-state index is 5.50. The van der Waals surface area contributed by atoms with Crippen LogP contribution < -0.4 is 5.32 Å². The van der Waals surface area contributed by atoms with Crippen molar-refractivity contribution >= 4 is 0 Å². The lowest BCUT2D eigenvalue weighted by molar-refractivity contribution is 0.170. The van der Waals surface area contributed by atoms with Crippen LogP contribution in [0.3, 0.4) is 0 Å². The molecule has 2 heteroatoms. The van der Waals surface area contributed by atoms with Gasteiger partial charge in [-0.2, -0.15) is 0 Å². The molecule has 0 spiro atoms. The third-order valence-electron chi connectivity index (χ3n) is 2.13. The summed E-state index contributed by atoms with van der Waals surface area (Å²) in [5, 5.41) is 3.38. The summed E-state index contributed by atoms with van der Waals surface area (Å²) in [5.41, 5.74) is 1.37. The van der Waals surface area contributed by atoms with Crippen molar-refractivity contribution in [3.63, 3.8) is 0 Å². The van der Waals surface area contributed by atoms with Crippen molar-refractivity contribution in [3.8, 4) is 0 Å². The van der Waals surface area contributed by atoms with E-state index in [1.165, 1.54) is 30.7 Å². The first-order valence-corrected chi connectivity index (χ1v) is 4.05. The fraction of sp³-hybridized carbons (Fsp3) is 0.750. The molecular formula is C8H13NO. The molecule has 0 aromatic rings. The molecule has 0 aromatic carbocycles. The lowest BCUT2D eigenvalue weighted by atomic mass is 10.0. The van der Waals surface area contributed by atoms with Crippen LogP contribution in [0.15, 0.2) is 11.5 Å². The molecule has 1 N–H and O–H groups in total. The van der Waals surface area contributed by atoms with Gasteiger partial charge in [-0.25, -0.2) is 0 Å². The van der Waals surface area contributed by atoms with Gasteiger partial charge in [0.05, 0.1) is 0 Å². The van der Waals surface area contributed by atoms with E-state index in [0.29, 0.717) is 0 Å². The zero-order valence-corrected chi connectivity index (χ0v) is 6.15. The molecule has 0 radical (unpaired) electrons. The van der Waals surface area contributed by atoms with E-state index in [1.807, 2.05) is 0 Å². The maximum absolute atomic E-state index is 5.50. The average Bonchev–Trinajstić information content (AvgIpc) is 2.05. The van der Waals surface area contributed by atoms with Gasteiger partial charge in [0.25, 0.3) is 0 Å². The second-order valence-electron chi connectivity index (χ2n) is 2.88. The van der Waals surface area contributed by atoms with Crippen LogP contribution in [0.5, 0.6) is 0 Å². The van der Waals surface area contributed by atoms with Crippen molar-refractivity contribution in [2.45, 2.75) is 25.7 Å². The lowest BCUT2D eigenvalue weighted by Crippen LogP contribution is -2.28. The monoisotopic (exact) mass is 139 g/mol. The van der Waals surface area contributed by atoms with Crippen molar-refractivity contribution in [3.05, 3.63) is 11.5 Å². The number of ether oxygens (including phenoxy) is 1. The minimum absolute atomic E-state index is 0.860. The van der Waals surface area contributed by atoms with E-state index in [0.717, 1.165) is 19.6 Å². The van der Waals surface area contributed by atoms with Crippen molar-refractivity contribution in [2.24, 2.45) is 0 Å². The van der Waals surface area contributed by atoms with Gasteiger partial charge < -0.3 is 10.1 Å². The Bertz CT molecular complexity index is 129. The van der Waals surface area contributed by atoms with Crippen LogP contribution in [0.2, 0.25) is 0 Å². The Hall–Kier alpha value is -0.660. The Morgan fingerprint density at radius 1 is 1.20 bits per heavy atom. The third-order valence-corrected chi connectivity index (χ3v) is 2.13. The van der Waals surface area contributed by atoms with Crippen molar-refractivity contribution in [1.29, 1.82) is 0 Å². The Morgan fingerprint density at radius 3 is 3.00 bits per heavy atom. The van der Waals surface area contributed by atoms with E-state index < -0.39 is 0 Å². The van der Waals surface area contributed by atoms with Gasteiger partial charge in [0.15, 0.2) is 0 Å². The smallest absolute Gasteiger partial charge is 0.115 e. The van der Waals surface area contributed by atoms with Gasteiger partial charge in [0.1, 0.15) is 12.4 Å². The summed E-state index contributed by atoms with van der Waals surface area (Å²) in [5.74, 6) is 1.23. The van der Waals surface area contributed by atoms with Crippen molar-refractivity contribution < 1.29 is 4.74 Å². The highest BCUT2D eigenvalue weighted by atomic mass is 16.5. The second kappa shape index (κ2) is 2.52. The predicted molar refractivity (Wildman–Crippen MR) is 39.4 cm³/mol. The van der Waals surface area contributed by atoms with Crippen LogP contribution in [-0.4, -0.2) is 13.2 Å². The van der Waals surface area contributed by atoms with E-state index in [2.05, 4.69) is 5.32 Å². The largest absolute Gasteiger partial charge is 0.494 e. The summed E-state index contributed by atoms with van der Waals surface area (Å²) in [6.07, 6.45) is 4.99. The zero-order valence-electron chi connectivity index (χ0n) is 6.15. The molecular weight excluding hydrogens is 126 g/mol. The van der Waals surface area contributed by atoms with E-state index in [4.69, 9.17) is 4.74 Å². The summed E-state index contributed by atoms with van der Waals surface area (Å²) in [6, 6.07) is 0. The standard InChI is InChI=1S/C8H13NO/c1-2-4-8-7(3-1)9-5-6-10-8/h9H,1-6H2. The summed E-state index contributed by atoms with van der Waals surface area (Å²) >= 11 is 0. The van der Waals surface area contributed by atoms with Crippen LogP contribution in [0, 0.1) is 0 Å². The molecule has 0 amide bonds. The Kier molecular flexibility index (Phi) is 1.53. The van der Waals surface area contributed by atoms with Gasteiger partial charge >= 0.3 is 0 Å². The van der Waals surface area contributed by atoms with Crippen LogP contribution >= 0.6 is 0 Å². The minimum Gasteiger partial charge on any atom is -0.494 e. The normalized spacial score (nSPS) is 24.8. The van der Waals surface area contributed by atoms with E-state index >= 15 is 0 Å². The van der Waals surface area contributed by atoms with Gasteiger partial charge in [-0.3, -0.25) is 0 Å². The molecule has 2 aliphatic rings. The lowest BCUT2D eigenvalue weighted by Gasteiger charge is -2.26. The molecule has 2 nitrogen and oxygen atoms in total. The molecule has 0 unspecified atom stereocenters.